The number of aromatic nitrogens is 1. The van der Waals surface area contributed by atoms with Gasteiger partial charge in [0.05, 0.1) is 17.1 Å². The summed E-state index contributed by atoms with van der Waals surface area (Å²) in [6.07, 6.45) is 0. The number of urea groups is 1. The van der Waals surface area contributed by atoms with Gasteiger partial charge >= 0.3 is 6.03 Å². The zero-order valence-corrected chi connectivity index (χ0v) is 18.0. The van der Waals surface area contributed by atoms with E-state index in [9.17, 15) is 13.2 Å². The monoisotopic (exact) mass is 422 g/mol. The molecule has 0 spiro atoms. The van der Waals surface area contributed by atoms with Gasteiger partial charge in [0.15, 0.2) is 0 Å². The third-order valence-corrected chi connectivity index (χ3v) is 7.38. The molecule has 0 radical (unpaired) electrons. The van der Waals surface area contributed by atoms with Gasteiger partial charge in [-0.15, -0.1) is 11.3 Å². The minimum atomic E-state index is -3.51. The van der Waals surface area contributed by atoms with Crippen LogP contribution in [0.2, 0.25) is 0 Å². The van der Waals surface area contributed by atoms with Crippen LogP contribution in [0.1, 0.15) is 31.5 Å². The zero-order chi connectivity index (χ0) is 20.4. The van der Waals surface area contributed by atoms with E-state index in [4.69, 9.17) is 0 Å². The van der Waals surface area contributed by atoms with Crippen LogP contribution in [0.4, 0.5) is 4.79 Å². The lowest BCUT2D eigenvalue weighted by atomic mass is 9.93. The van der Waals surface area contributed by atoms with Crippen LogP contribution in [0, 0.1) is 0 Å². The third-order valence-electron chi connectivity index (χ3n) is 4.62. The Bertz CT molecular complexity index is 912. The van der Waals surface area contributed by atoms with Gasteiger partial charge in [0.1, 0.15) is 5.01 Å². The van der Waals surface area contributed by atoms with Crippen LogP contribution >= 0.6 is 11.3 Å². The number of thiazole rings is 1. The van der Waals surface area contributed by atoms with Gasteiger partial charge in [-0.2, -0.15) is 4.31 Å². The highest BCUT2D eigenvalue weighted by Crippen LogP contribution is 2.24. The van der Waals surface area contributed by atoms with E-state index >= 15 is 0 Å². The average Bonchev–Trinajstić information content (AvgIpc) is 3.16. The number of rotatable bonds is 4. The Kier molecular flexibility index (Phi) is 6.07. The van der Waals surface area contributed by atoms with E-state index in [2.05, 4.69) is 31.1 Å². The zero-order valence-electron chi connectivity index (χ0n) is 16.4. The van der Waals surface area contributed by atoms with Crippen LogP contribution in [-0.2, 0) is 22.0 Å². The molecule has 0 saturated carbocycles. The molecule has 0 aliphatic carbocycles. The molecule has 1 saturated heterocycles. The predicted molar refractivity (Wildman–Crippen MR) is 110 cm³/mol. The number of nitrogens with zero attached hydrogens (tertiary/aromatic N) is 3. The predicted octanol–water partition coefficient (Wildman–Crippen LogP) is 2.66. The molecule has 2 heterocycles. The summed E-state index contributed by atoms with van der Waals surface area (Å²) in [5.41, 5.74) is 1.00. The maximum atomic E-state index is 12.7. The number of benzene rings is 1. The number of nitrogens with one attached hydrogen (secondary N) is 1. The number of hydrogen-bond donors (Lipinski definition) is 1. The molecular weight excluding hydrogens is 396 g/mol. The molecule has 0 bridgehead atoms. The lowest BCUT2D eigenvalue weighted by Crippen LogP contribution is -2.52. The Morgan fingerprint density at radius 3 is 2.36 bits per heavy atom. The molecular formula is C19H26N4O3S2. The fourth-order valence-electron chi connectivity index (χ4n) is 2.87. The van der Waals surface area contributed by atoms with Crippen molar-refractivity contribution in [2.24, 2.45) is 0 Å². The maximum Gasteiger partial charge on any atom is 0.317 e. The number of hydrogen-bond acceptors (Lipinski definition) is 5. The van der Waals surface area contributed by atoms with Crippen LogP contribution in [0.5, 0.6) is 0 Å². The van der Waals surface area contributed by atoms with Crippen LogP contribution in [-0.4, -0.2) is 54.8 Å². The fraction of sp³-hybridized carbons (Fsp3) is 0.474. The first-order valence-corrected chi connectivity index (χ1v) is 11.5. The summed E-state index contributed by atoms with van der Waals surface area (Å²) in [5, 5.41) is 5.77. The SMILES string of the molecule is CC(C)(C)c1csc(CNC(=O)N2CCN(S(=O)(=O)c3ccccc3)CC2)n1. The first-order valence-electron chi connectivity index (χ1n) is 9.21. The molecule has 0 atom stereocenters. The molecule has 28 heavy (non-hydrogen) atoms. The molecule has 0 unspecified atom stereocenters. The molecule has 1 aromatic carbocycles. The van der Waals surface area contributed by atoms with E-state index in [0.29, 0.717) is 19.6 Å². The Balaban J connectivity index is 1.52. The lowest BCUT2D eigenvalue weighted by molar-refractivity contribution is 0.172. The summed E-state index contributed by atoms with van der Waals surface area (Å²) in [6, 6.07) is 8.20. The summed E-state index contributed by atoms with van der Waals surface area (Å²) >= 11 is 1.53. The maximum absolute atomic E-state index is 12.7. The van der Waals surface area contributed by atoms with Crippen LogP contribution in [0.3, 0.4) is 0 Å². The first-order chi connectivity index (χ1) is 13.2. The molecule has 1 N–H and O–H groups in total. The summed E-state index contributed by atoms with van der Waals surface area (Å²) in [6.45, 7) is 7.99. The van der Waals surface area contributed by atoms with Gasteiger partial charge in [0.2, 0.25) is 10.0 Å². The van der Waals surface area contributed by atoms with Crippen LogP contribution in [0.15, 0.2) is 40.6 Å². The van der Waals surface area contributed by atoms with Gasteiger partial charge < -0.3 is 10.2 Å². The van der Waals surface area contributed by atoms with Crippen molar-refractivity contribution in [1.29, 1.82) is 0 Å². The van der Waals surface area contributed by atoms with Crippen LogP contribution in [0.25, 0.3) is 0 Å². The fourth-order valence-corrected chi connectivity index (χ4v) is 5.28. The van der Waals surface area contributed by atoms with Gasteiger partial charge in [-0.05, 0) is 12.1 Å². The van der Waals surface area contributed by atoms with Gasteiger partial charge in [0.25, 0.3) is 0 Å². The van der Waals surface area contributed by atoms with E-state index in [1.54, 1.807) is 35.2 Å². The second-order valence-electron chi connectivity index (χ2n) is 7.74. The van der Waals surface area contributed by atoms with Gasteiger partial charge in [-0.1, -0.05) is 39.0 Å². The van der Waals surface area contributed by atoms with Crippen molar-refractivity contribution < 1.29 is 13.2 Å². The smallest absolute Gasteiger partial charge is 0.317 e. The number of carbonyl (C=O) groups excluding carboxylic acids is 1. The highest BCUT2D eigenvalue weighted by atomic mass is 32.2. The van der Waals surface area contributed by atoms with Crippen molar-refractivity contribution >= 4 is 27.4 Å². The van der Waals surface area contributed by atoms with E-state index < -0.39 is 10.0 Å². The van der Waals surface area contributed by atoms with Crippen molar-refractivity contribution in [3.8, 4) is 0 Å². The van der Waals surface area contributed by atoms with Crippen molar-refractivity contribution in [2.75, 3.05) is 26.2 Å². The standard InChI is InChI=1S/C19H26N4O3S2/c1-19(2,3)16-14-27-17(21-16)13-20-18(24)22-9-11-23(12-10-22)28(25,26)15-7-5-4-6-8-15/h4-8,14H,9-13H2,1-3H3,(H,20,24). The highest BCUT2D eigenvalue weighted by Gasteiger charge is 2.30. The van der Waals surface area contributed by atoms with E-state index in [1.165, 1.54) is 15.6 Å². The highest BCUT2D eigenvalue weighted by molar-refractivity contribution is 7.89. The van der Waals surface area contributed by atoms with E-state index in [0.717, 1.165) is 10.7 Å². The second-order valence-corrected chi connectivity index (χ2v) is 10.6. The number of piperazine rings is 1. The van der Waals surface area contributed by atoms with E-state index in [-0.39, 0.29) is 29.4 Å². The second kappa shape index (κ2) is 8.18. The van der Waals surface area contributed by atoms with Crippen molar-refractivity contribution in [1.82, 2.24) is 19.5 Å². The summed E-state index contributed by atoms with van der Waals surface area (Å²) in [7, 11) is -3.51. The van der Waals surface area contributed by atoms with Gasteiger partial charge in [0, 0.05) is 37.0 Å². The first kappa shape index (κ1) is 20.8. The molecule has 1 aliphatic rings. The summed E-state index contributed by atoms with van der Waals surface area (Å²) in [5.74, 6) is 0. The topological polar surface area (TPSA) is 82.6 Å². The van der Waals surface area contributed by atoms with Crippen molar-refractivity contribution in [3.63, 3.8) is 0 Å². The molecule has 1 aromatic heterocycles. The molecule has 3 rings (SSSR count). The minimum absolute atomic E-state index is 0.0146. The van der Waals surface area contributed by atoms with E-state index in [1.807, 2.05) is 5.38 Å². The Hall–Kier alpha value is -1.97. The van der Waals surface area contributed by atoms with Crippen molar-refractivity contribution in [3.05, 3.63) is 46.4 Å². The third kappa shape index (κ3) is 4.71. The number of sulfonamides is 1. The summed E-state index contributed by atoms with van der Waals surface area (Å²) < 4.78 is 26.7. The quantitative estimate of drug-likeness (QED) is 0.821. The number of carbonyl (C=O) groups is 1. The minimum Gasteiger partial charge on any atom is -0.331 e. The summed E-state index contributed by atoms with van der Waals surface area (Å²) in [4.78, 5) is 18.9. The molecule has 7 nitrogen and oxygen atoms in total. The lowest BCUT2D eigenvalue weighted by Gasteiger charge is -2.33. The molecule has 2 amide bonds. The molecule has 1 fully saturated rings. The van der Waals surface area contributed by atoms with Crippen LogP contribution < -0.4 is 5.32 Å². The Labute approximate surface area is 170 Å². The largest absolute Gasteiger partial charge is 0.331 e. The molecule has 152 valence electrons. The Morgan fingerprint density at radius 2 is 1.79 bits per heavy atom. The van der Waals surface area contributed by atoms with Gasteiger partial charge in [-0.25, -0.2) is 18.2 Å². The molecule has 1 aliphatic heterocycles. The van der Waals surface area contributed by atoms with Gasteiger partial charge in [-0.3, -0.25) is 0 Å². The number of amides is 2. The average molecular weight is 423 g/mol. The molecule has 9 heteroatoms. The Morgan fingerprint density at radius 1 is 1.14 bits per heavy atom. The molecule has 2 aromatic rings. The van der Waals surface area contributed by atoms with Crippen molar-refractivity contribution in [2.45, 2.75) is 37.6 Å². The normalized spacial score (nSPS) is 16.2.